The summed E-state index contributed by atoms with van der Waals surface area (Å²) in [7, 11) is 1.52. The van der Waals surface area contributed by atoms with Gasteiger partial charge in [-0.3, -0.25) is 9.59 Å². The number of anilines is 2. The summed E-state index contributed by atoms with van der Waals surface area (Å²) in [5.41, 5.74) is 2.83. The summed E-state index contributed by atoms with van der Waals surface area (Å²) in [6, 6.07) is 18.7. The number of carbonyl (C=O) groups excluding carboxylic acids is 2. The van der Waals surface area contributed by atoms with E-state index in [1.165, 1.54) is 7.11 Å². The predicted molar refractivity (Wildman–Crippen MR) is 152 cm³/mol. The lowest BCUT2D eigenvalue weighted by atomic mass is 10.1. The van der Waals surface area contributed by atoms with E-state index in [0.29, 0.717) is 52.7 Å². The fourth-order valence-corrected chi connectivity index (χ4v) is 5.67. The topological polar surface area (TPSA) is 61.9 Å². The fourth-order valence-electron chi connectivity index (χ4n) is 3.98. The van der Waals surface area contributed by atoms with Gasteiger partial charge in [-0.25, -0.2) is 0 Å². The van der Waals surface area contributed by atoms with Crippen molar-refractivity contribution in [2.75, 3.05) is 43.5 Å². The molecule has 0 aromatic heterocycles. The van der Waals surface area contributed by atoms with Crippen LogP contribution in [0.5, 0.6) is 5.75 Å². The standard InChI is InChI=1S/C27H24Br2ClN3O3/c1-36-26-21(15-19(28)16-22(26)29)27(35)31-20-8-9-24(23(30)17-20)32-11-13-33(14-12-32)25(34)10-7-18-5-3-2-4-6-18/h2-10,15-17H,11-14H2,1H3,(H,31,35)/b10-7+. The minimum Gasteiger partial charge on any atom is -0.495 e. The normalized spacial score (nSPS) is 13.7. The van der Waals surface area contributed by atoms with Gasteiger partial charge in [-0.1, -0.05) is 57.9 Å². The van der Waals surface area contributed by atoms with Crippen LogP contribution in [0.4, 0.5) is 11.4 Å². The van der Waals surface area contributed by atoms with Crippen molar-refractivity contribution < 1.29 is 14.3 Å². The number of piperazine rings is 1. The second-order valence-corrected chi connectivity index (χ2v) is 10.3. The van der Waals surface area contributed by atoms with Gasteiger partial charge in [0.25, 0.3) is 5.91 Å². The Labute approximate surface area is 232 Å². The zero-order valence-corrected chi connectivity index (χ0v) is 23.4. The van der Waals surface area contributed by atoms with Crippen LogP contribution >= 0.6 is 43.5 Å². The Bertz CT molecular complexity index is 1290. The molecule has 1 saturated heterocycles. The van der Waals surface area contributed by atoms with Gasteiger partial charge in [-0.05, 0) is 57.9 Å². The van der Waals surface area contributed by atoms with Gasteiger partial charge in [0.05, 0.1) is 27.9 Å². The number of amides is 2. The molecule has 0 radical (unpaired) electrons. The van der Waals surface area contributed by atoms with Crippen LogP contribution in [0.2, 0.25) is 5.02 Å². The molecule has 0 spiro atoms. The van der Waals surface area contributed by atoms with Gasteiger partial charge in [0, 0.05) is 42.4 Å². The van der Waals surface area contributed by atoms with E-state index in [1.807, 2.05) is 59.5 Å². The number of hydrogen-bond acceptors (Lipinski definition) is 4. The molecule has 2 amide bonds. The smallest absolute Gasteiger partial charge is 0.259 e. The second-order valence-electron chi connectivity index (χ2n) is 8.15. The molecule has 0 bridgehead atoms. The average Bonchev–Trinajstić information content (AvgIpc) is 2.87. The van der Waals surface area contributed by atoms with Crippen molar-refractivity contribution in [2.45, 2.75) is 0 Å². The highest BCUT2D eigenvalue weighted by molar-refractivity contribution is 9.11. The molecule has 1 N–H and O–H groups in total. The van der Waals surface area contributed by atoms with E-state index in [1.54, 1.807) is 18.2 Å². The van der Waals surface area contributed by atoms with Gasteiger partial charge in [-0.15, -0.1) is 0 Å². The summed E-state index contributed by atoms with van der Waals surface area (Å²) in [5.74, 6) is 0.134. The van der Waals surface area contributed by atoms with Gasteiger partial charge >= 0.3 is 0 Å². The van der Waals surface area contributed by atoms with E-state index in [-0.39, 0.29) is 11.8 Å². The molecular weight excluding hydrogens is 610 g/mol. The summed E-state index contributed by atoms with van der Waals surface area (Å²) in [4.78, 5) is 29.5. The largest absolute Gasteiger partial charge is 0.495 e. The maximum atomic E-state index is 12.9. The Morgan fingerprint density at radius 1 is 1.00 bits per heavy atom. The monoisotopic (exact) mass is 631 g/mol. The van der Waals surface area contributed by atoms with Crippen LogP contribution in [0.25, 0.3) is 6.08 Å². The third kappa shape index (κ3) is 6.30. The Morgan fingerprint density at radius 3 is 2.39 bits per heavy atom. The summed E-state index contributed by atoms with van der Waals surface area (Å²) < 4.78 is 6.81. The second kappa shape index (κ2) is 12.0. The van der Waals surface area contributed by atoms with Crippen molar-refractivity contribution in [1.29, 1.82) is 0 Å². The van der Waals surface area contributed by atoms with E-state index < -0.39 is 0 Å². The highest BCUT2D eigenvalue weighted by Gasteiger charge is 2.22. The summed E-state index contributed by atoms with van der Waals surface area (Å²) in [6.45, 7) is 2.54. The number of carbonyl (C=O) groups is 2. The fraction of sp³-hybridized carbons (Fsp3) is 0.185. The van der Waals surface area contributed by atoms with Gasteiger partial charge in [-0.2, -0.15) is 0 Å². The molecule has 1 fully saturated rings. The SMILES string of the molecule is COc1c(Br)cc(Br)cc1C(=O)Nc1ccc(N2CCN(C(=O)/C=C/c3ccccc3)CC2)c(Cl)c1. The first kappa shape index (κ1) is 26.3. The molecule has 0 aliphatic carbocycles. The molecule has 3 aromatic rings. The van der Waals surface area contributed by atoms with Crippen LogP contribution in [0, 0.1) is 0 Å². The van der Waals surface area contributed by atoms with E-state index in [9.17, 15) is 9.59 Å². The number of rotatable bonds is 6. The first-order valence-corrected chi connectivity index (χ1v) is 13.2. The van der Waals surface area contributed by atoms with E-state index in [0.717, 1.165) is 15.7 Å². The van der Waals surface area contributed by atoms with Gasteiger partial charge in [0.2, 0.25) is 5.91 Å². The Hall–Kier alpha value is -2.81. The zero-order chi connectivity index (χ0) is 25.7. The molecule has 1 aliphatic rings. The summed E-state index contributed by atoms with van der Waals surface area (Å²) in [5, 5.41) is 3.41. The molecule has 36 heavy (non-hydrogen) atoms. The van der Waals surface area contributed by atoms with Crippen LogP contribution in [0.3, 0.4) is 0 Å². The van der Waals surface area contributed by atoms with Crippen molar-refractivity contribution in [2.24, 2.45) is 0 Å². The van der Waals surface area contributed by atoms with Crippen LogP contribution < -0.4 is 15.0 Å². The number of ether oxygens (including phenoxy) is 1. The lowest BCUT2D eigenvalue weighted by molar-refractivity contribution is -0.126. The molecule has 1 heterocycles. The van der Waals surface area contributed by atoms with Gasteiger partial charge in [0.1, 0.15) is 5.75 Å². The third-order valence-electron chi connectivity index (χ3n) is 5.81. The zero-order valence-electron chi connectivity index (χ0n) is 19.5. The molecule has 4 rings (SSSR count). The molecule has 186 valence electrons. The quantitative estimate of drug-likeness (QED) is 0.316. The number of nitrogens with zero attached hydrogens (tertiary/aromatic N) is 2. The first-order chi connectivity index (χ1) is 17.4. The minimum atomic E-state index is -0.312. The van der Waals surface area contributed by atoms with Gasteiger partial charge in [0.15, 0.2) is 0 Å². The van der Waals surface area contributed by atoms with Crippen LogP contribution in [0.1, 0.15) is 15.9 Å². The first-order valence-electron chi connectivity index (χ1n) is 11.3. The number of methoxy groups -OCH3 is 1. The van der Waals surface area contributed by atoms with Crippen molar-refractivity contribution in [3.05, 3.63) is 91.8 Å². The van der Waals surface area contributed by atoms with E-state index in [2.05, 4.69) is 42.1 Å². The number of halogens is 3. The van der Waals surface area contributed by atoms with Crippen molar-refractivity contribution in [3.63, 3.8) is 0 Å². The lowest BCUT2D eigenvalue weighted by Crippen LogP contribution is -2.48. The summed E-state index contributed by atoms with van der Waals surface area (Å²) in [6.07, 6.45) is 3.45. The van der Waals surface area contributed by atoms with Crippen LogP contribution in [0.15, 0.2) is 75.7 Å². The number of nitrogens with one attached hydrogen (secondary N) is 1. The number of hydrogen-bond donors (Lipinski definition) is 1. The van der Waals surface area contributed by atoms with Crippen LogP contribution in [-0.2, 0) is 4.79 Å². The summed E-state index contributed by atoms with van der Waals surface area (Å²) >= 11 is 13.4. The highest BCUT2D eigenvalue weighted by atomic mass is 79.9. The Balaban J connectivity index is 1.38. The predicted octanol–water partition coefficient (Wildman–Crippen LogP) is 6.49. The minimum absolute atomic E-state index is 0.00252. The average molecular weight is 634 g/mol. The lowest BCUT2D eigenvalue weighted by Gasteiger charge is -2.36. The van der Waals surface area contributed by atoms with E-state index in [4.69, 9.17) is 16.3 Å². The molecular formula is C27H24Br2ClN3O3. The molecule has 3 aromatic carbocycles. The molecule has 0 unspecified atom stereocenters. The van der Waals surface area contributed by atoms with Crippen LogP contribution in [-0.4, -0.2) is 50.0 Å². The molecule has 0 saturated carbocycles. The number of benzene rings is 3. The molecule has 9 heteroatoms. The molecule has 0 atom stereocenters. The molecule has 6 nitrogen and oxygen atoms in total. The highest BCUT2D eigenvalue weighted by Crippen LogP contribution is 2.34. The molecule has 1 aliphatic heterocycles. The van der Waals surface area contributed by atoms with Gasteiger partial charge < -0.3 is 19.9 Å². The Kier molecular flexibility index (Phi) is 8.72. The van der Waals surface area contributed by atoms with E-state index >= 15 is 0 Å². The van der Waals surface area contributed by atoms with Crippen molar-refractivity contribution >= 4 is 72.7 Å². The van der Waals surface area contributed by atoms with Crippen molar-refractivity contribution in [3.8, 4) is 5.75 Å². The maximum absolute atomic E-state index is 12.9. The third-order valence-corrected chi connectivity index (χ3v) is 7.16. The Morgan fingerprint density at radius 2 is 1.72 bits per heavy atom. The maximum Gasteiger partial charge on any atom is 0.259 e. The van der Waals surface area contributed by atoms with Crippen molar-refractivity contribution in [1.82, 2.24) is 4.90 Å².